The molecule has 0 radical (unpaired) electrons. The van der Waals surface area contributed by atoms with Gasteiger partial charge < -0.3 is 16.0 Å². The fourth-order valence-electron chi connectivity index (χ4n) is 1.84. The molecule has 92 valence electrons. The quantitative estimate of drug-likeness (QED) is 0.695. The van der Waals surface area contributed by atoms with Gasteiger partial charge in [-0.25, -0.2) is 0 Å². The van der Waals surface area contributed by atoms with Crippen molar-refractivity contribution in [2.45, 2.75) is 32.7 Å². The lowest BCUT2D eigenvalue weighted by atomic mass is 10.0. The van der Waals surface area contributed by atoms with Gasteiger partial charge in [-0.3, -0.25) is 9.59 Å². The minimum atomic E-state index is -0.481. The molecule has 1 unspecified atom stereocenters. The molecule has 2 amide bonds. The lowest BCUT2D eigenvalue weighted by Crippen LogP contribution is -2.46. The summed E-state index contributed by atoms with van der Waals surface area (Å²) in [5.41, 5.74) is 5.82. The number of hydrogen-bond acceptors (Lipinski definition) is 3. The molecule has 5 heteroatoms. The van der Waals surface area contributed by atoms with Crippen LogP contribution in [0, 0.1) is 5.92 Å². The molecule has 1 heterocycles. The molecule has 0 aliphatic carbocycles. The summed E-state index contributed by atoms with van der Waals surface area (Å²) in [4.78, 5) is 24.8. The lowest BCUT2D eigenvalue weighted by Gasteiger charge is -2.23. The summed E-state index contributed by atoms with van der Waals surface area (Å²) in [7, 11) is 0. The van der Waals surface area contributed by atoms with Crippen LogP contribution in [0.25, 0.3) is 0 Å². The van der Waals surface area contributed by atoms with Crippen molar-refractivity contribution in [3.63, 3.8) is 0 Å². The molecule has 0 spiro atoms. The number of nitrogens with one attached hydrogen (secondary N) is 1. The van der Waals surface area contributed by atoms with Crippen molar-refractivity contribution in [1.29, 1.82) is 0 Å². The summed E-state index contributed by atoms with van der Waals surface area (Å²) in [6.07, 6.45) is 1.46. The zero-order valence-electron chi connectivity index (χ0n) is 10.0. The minimum Gasteiger partial charge on any atom is -0.354 e. The van der Waals surface area contributed by atoms with Crippen LogP contribution in [0.2, 0.25) is 0 Å². The Hall–Kier alpha value is -1.10. The second-order valence-corrected chi connectivity index (χ2v) is 4.70. The maximum atomic E-state index is 12.0. The number of carbonyl (C=O) groups excluding carboxylic acids is 2. The topological polar surface area (TPSA) is 75.4 Å². The first-order valence-electron chi connectivity index (χ1n) is 5.81. The van der Waals surface area contributed by atoms with Gasteiger partial charge >= 0.3 is 0 Å². The van der Waals surface area contributed by atoms with E-state index in [4.69, 9.17) is 5.73 Å². The first kappa shape index (κ1) is 13.0. The first-order chi connectivity index (χ1) is 7.50. The second kappa shape index (κ2) is 5.84. The van der Waals surface area contributed by atoms with E-state index in [0.717, 1.165) is 6.42 Å². The van der Waals surface area contributed by atoms with Crippen LogP contribution < -0.4 is 11.1 Å². The highest BCUT2D eigenvalue weighted by atomic mass is 16.2. The Kier molecular flexibility index (Phi) is 4.73. The number of amides is 2. The summed E-state index contributed by atoms with van der Waals surface area (Å²) in [5, 5.41) is 2.74. The summed E-state index contributed by atoms with van der Waals surface area (Å²) in [6, 6.07) is -0.481. The maximum absolute atomic E-state index is 12.0. The number of carbonyl (C=O) groups is 2. The standard InChI is InChI=1S/C11H21N3O2/c1-8(2)6-9(12)11(16)14-5-3-4-13-10(15)7-14/h8-9H,3-7,12H2,1-2H3,(H,13,15). The summed E-state index contributed by atoms with van der Waals surface area (Å²) in [5.74, 6) is 0.188. The maximum Gasteiger partial charge on any atom is 0.239 e. The van der Waals surface area contributed by atoms with E-state index in [0.29, 0.717) is 25.4 Å². The van der Waals surface area contributed by atoms with Crippen LogP contribution in [-0.4, -0.2) is 42.4 Å². The summed E-state index contributed by atoms with van der Waals surface area (Å²) >= 11 is 0. The van der Waals surface area contributed by atoms with Crippen molar-refractivity contribution in [3.05, 3.63) is 0 Å². The highest BCUT2D eigenvalue weighted by Crippen LogP contribution is 2.07. The second-order valence-electron chi connectivity index (χ2n) is 4.70. The van der Waals surface area contributed by atoms with E-state index in [1.54, 1.807) is 4.90 Å². The van der Waals surface area contributed by atoms with Gasteiger partial charge in [0.05, 0.1) is 12.6 Å². The first-order valence-corrected chi connectivity index (χ1v) is 5.81. The Morgan fingerprint density at radius 3 is 2.88 bits per heavy atom. The van der Waals surface area contributed by atoms with Gasteiger partial charge in [-0.1, -0.05) is 13.8 Å². The van der Waals surface area contributed by atoms with Gasteiger partial charge in [0.2, 0.25) is 11.8 Å². The zero-order valence-corrected chi connectivity index (χ0v) is 10.0. The molecule has 16 heavy (non-hydrogen) atoms. The van der Waals surface area contributed by atoms with Gasteiger partial charge in [0.25, 0.3) is 0 Å². The fraction of sp³-hybridized carbons (Fsp3) is 0.818. The van der Waals surface area contributed by atoms with Gasteiger partial charge in [0.1, 0.15) is 0 Å². The van der Waals surface area contributed by atoms with Gasteiger partial charge in [-0.05, 0) is 18.8 Å². The SMILES string of the molecule is CC(C)CC(N)C(=O)N1CCCNC(=O)C1. The molecule has 0 aromatic carbocycles. The van der Waals surface area contributed by atoms with E-state index in [-0.39, 0.29) is 18.4 Å². The minimum absolute atomic E-state index is 0.0948. The average Bonchev–Trinajstić information content (AvgIpc) is 2.40. The van der Waals surface area contributed by atoms with Crippen LogP contribution in [0.1, 0.15) is 26.7 Å². The fourth-order valence-corrected chi connectivity index (χ4v) is 1.84. The average molecular weight is 227 g/mol. The smallest absolute Gasteiger partial charge is 0.239 e. The van der Waals surface area contributed by atoms with Crippen LogP contribution in [0.5, 0.6) is 0 Å². The van der Waals surface area contributed by atoms with Crippen molar-refractivity contribution in [3.8, 4) is 0 Å². The van der Waals surface area contributed by atoms with E-state index >= 15 is 0 Å². The van der Waals surface area contributed by atoms with Crippen molar-refractivity contribution in [1.82, 2.24) is 10.2 Å². The van der Waals surface area contributed by atoms with Crippen molar-refractivity contribution in [2.75, 3.05) is 19.6 Å². The largest absolute Gasteiger partial charge is 0.354 e. The Bertz CT molecular complexity index is 266. The van der Waals surface area contributed by atoms with Crippen LogP contribution in [-0.2, 0) is 9.59 Å². The van der Waals surface area contributed by atoms with Crippen LogP contribution in [0.15, 0.2) is 0 Å². The molecule has 5 nitrogen and oxygen atoms in total. The molecule has 0 aromatic rings. The third-order valence-corrected chi connectivity index (χ3v) is 2.62. The monoisotopic (exact) mass is 227 g/mol. The van der Waals surface area contributed by atoms with Crippen molar-refractivity contribution in [2.24, 2.45) is 11.7 Å². The van der Waals surface area contributed by atoms with Gasteiger partial charge in [-0.2, -0.15) is 0 Å². The molecule has 1 atom stereocenters. The molecule has 3 N–H and O–H groups in total. The normalized spacial score (nSPS) is 19.2. The van der Waals surface area contributed by atoms with E-state index in [2.05, 4.69) is 5.32 Å². The van der Waals surface area contributed by atoms with Crippen LogP contribution in [0.3, 0.4) is 0 Å². The van der Waals surface area contributed by atoms with Crippen LogP contribution >= 0.6 is 0 Å². The summed E-state index contributed by atoms with van der Waals surface area (Å²) < 4.78 is 0. The van der Waals surface area contributed by atoms with E-state index in [1.165, 1.54) is 0 Å². The molecular formula is C11H21N3O2. The third kappa shape index (κ3) is 3.81. The highest BCUT2D eigenvalue weighted by Gasteiger charge is 2.24. The highest BCUT2D eigenvalue weighted by molar-refractivity contribution is 5.87. The van der Waals surface area contributed by atoms with Crippen molar-refractivity contribution >= 4 is 11.8 Å². The van der Waals surface area contributed by atoms with Crippen LogP contribution in [0.4, 0.5) is 0 Å². The molecule has 1 saturated heterocycles. The van der Waals surface area contributed by atoms with Gasteiger partial charge in [0, 0.05) is 13.1 Å². The summed E-state index contributed by atoms with van der Waals surface area (Å²) in [6.45, 7) is 5.46. The van der Waals surface area contributed by atoms with Gasteiger partial charge in [0.15, 0.2) is 0 Å². The molecule has 1 aliphatic heterocycles. The molecular weight excluding hydrogens is 206 g/mol. The Labute approximate surface area is 96.4 Å². The Morgan fingerprint density at radius 2 is 2.25 bits per heavy atom. The molecule has 1 aliphatic rings. The number of rotatable bonds is 3. The Balaban J connectivity index is 2.54. The predicted molar refractivity (Wildman–Crippen MR) is 61.6 cm³/mol. The number of hydrogen-bond donors (Lipinski definition) is 2. The lowest BCUT2D eigenvalue weighted by molar-refractivity contribution is -0.136. The zero-order chi connectivity index (χ0) is 12.1. The van der Waals surface area contributed by atoms with E-state index in [1.807, 2.05) is 13.8 Å². The van der Waals surface area contributed by atoms with Crippen molar-refractivity contribution < 1.29 is 9.59 Å². The van der Waals surface area contributed by atoms with E-state index < -0.39 is 6.04 Å². The van der Waals surface area contributed by atoms with Gasteiger partial charge in [-0.15, -0.1) is 0 Å². The Morgan fingerprint density at radius 1 is 1.56 bits per heavy atom. The third-order valence-electron chi connectivity index (χ3n) is 2.62. The number of nitrogens with zero attached hydrogens (tertiary/aromatic N) is 1. The molecule has 0 saturated carbocycles. The molecule has 0 aromatic heterocycles. The van der Waals surface area contributed by atoms with E-state index in [9.17, 15) is 9.59 Å². The molecule has 0 bridgehead atoms. The molecule has 1 rings (SSSR count). The molecule has 1 fully saturated rings. The predicted octanol–water partition coefficient (Wildman–Crippen LogP) is -0.292. The number of nitrogens with two attached hydrogens (primary N) is 1.